The van der Waals surface area contributed by atoms with E-state index in [9.17, 15) is 4.79 Å². The maximum Gasteiger partial charge on any atom is 0.265 e. The summed E-state index contributed by atoms with van der Waals surface area (Å²) in [5.41, 5.74) is 1.37. The molecule has 2 rings (SSSR count). The Labute approximate surface area is 150 Å². The van der Waals surface area contributed by atoms with Crippen molar-refractivity contribution in [2.24, 2.45) is 0 Å². The lowest BCUT2D eigenvalue weighted by Gasteiger charge is -2.19. The van der Waals surface area contributed by atoms with E-state index in [1.54, 1.807) is 0 Å². The molecule has 0 aliphatic heterocycles. The third kappa shape index (κ3) is 4.54. The molecule has 1 atom stereocenters. The van der Waals surface area contributed by atoms with Crippen LogP contribution in [-0.4, -0.2) is 12.0 Å². The van der Waals surface area contributed by atoms with Gasteiger partial charge in [0.15, 0.2) is 6.10 Å². The van der Waals surface area contributed by atoms with E-state index in [2.05, 4.69) is 5.32 Å². The minimum absolute atomic E-state index is 0.295. The number of ether oxygens (including phenoxy) is 1. The molecule has 1 amide bonds. The minimum atomic E-state index is -0.637. The highest BCUT2D eigenvalue weighted by Crippen LogP contribution is 2.32. The Balaban J connectivity index is 2.15. The van der Waals surface area contributed by atoms with Crippen LogP contribution in [0.4, 0.5) is 5.69 Å². The summed E-state index contributed by atoms with van der Waals surface area (Å²) in [4.78, 5) is 12.4. The lowest BCUT2D eigenvalue weighted by molar-refractivity contribution is -0.122. The van der Waals surface area contributed by atoms with E-state index in [0.717, 1.165) is 5.56 Å². The molecule has 23 heavy (non-hydrogen) atoms. The number of nitrogens with one attached hydrogen (secondary N) is 1. The normalized spacial score (nSPS) is 11.9. The van der Waals surface area contributed by atoms with E-state index in [4.69, 9.17) is 39.5 Å². The molecule has 2 aromatic carbocycles. The molecule has 0 aromatic heterocycles. The molecule has 0 saturated heterocycles. The standard InChI is InChI=1S/C17H16Cl3NO2/c1-3-15(23-16-7-5-4-6-10(16)2)17(22)21-14-9-12(19)11(18)8-13(14)20/h4-9,15H,3H2,1-2H3,(H,21,22). The number of hydrogen-bond acceptors (Lipinski definition) is 2. The van der Waals surface area contributed by atoms with Crippen molar-refractivity contribution in [1.82, 2.24) is 0 Å². The predicted octanol–water partition coefficient (Wildman–Crippen LogP) is 5.75. The summed E-state index contributed by atoms with van der Waals surface area (Å²) >= 11 is 17.9. The number of carbonyl (C=O) groups is 1. The quantitative estimate of drug-likeness (QED) is 0.678. The maximum absolute atomic E-state index is 12.4. The highest BCUT2D eigenvalue weighted by atomic mass is 35.5. The lowest BCUT2D eigenvalue weighted by Crippen LogP contribution is -2.32. The largest absolute Gasteiger partial charge is 0.480 e. The minimum Gasteiger partial charge on any atom is -0.480 e. The van der Waals surface area contributed by atoms with Crippen molar-refractivity contribution in [2.45, 2.75) is 26.4 Å². The van der Waals surface area contributed by atoms with E-state index in [0.29, 0.717) is 32.9 Å². The van der Waals surface area contributed by atoms with Gasteiger partial charge in [0.2, 0.25) is 0 Å². The van der Waals surface area contributed by atoms with Crippen LogP contribution in [0.2, 0.25) is 15.1 Å². The van der Waals surface area contributed by atoms with Crippen molar-refractivity contribution in [3.8, 4) is 5.75 Å². The van der Waals surface area contributed by atoms with E-state index in [1.165, 1.54) is 12.1 Å². The number of para-hydroxylation sites is 1. The highest BCUT2D eigenvalue weighted by molar-refractivity contribution is 6.44. The number of hydrogen-bond donors (Lipinski definition) is 1. The van der Waals surface area contributed by atoms with Crippen LogP contribution >= 0.6 is 34.8 Å². The molecule has 2 aromatic rings. The third-order valence-corrected chi connectivity index (χ3v) is 4.33. The smallest absolute Gasteiger partial charge is 0.265 e. The number of amides is 1. The van der Waals surface area contributed by atoms with Gasteiger partial charge < -0.3 is 10.1 Å². The fraction of sp³-hybridized carbons (Fsp3) is 0.235. The van der Waals surface area contributed by atoms with Crippen molar-refractivity contribution in [3.05, 3.63) is 57.0 Å². The first-order valence-corrected chi connectivity index (χ1v) is 8.23. The van der Waals surface area contributed by atoms with Gasteiger partial charge in [0.1, 0.15) is 5.75 Å². The molecule has 0 bridgehead atoms. The van der Waals surface area contributed by atoms with Gasteiger partial charge in [0.25, 0.3) is 5.91 Å². The van der Waals surface area contributed by atoms with Crippen LogP contribution in [0.15, 0.2) is 36.4 Å². The van der Waals surface area contributed by atoms with Crippen LogP contribution in [0.25, 0.3) is 0 Å². The van der Waals surface area contributed by atoms with Crippen LogP contribution in [0.1, 0.15) is 18.9 Å². The van der Waals surface area contributed by atoms with Gasteiger partial charge in [-0.25, -0.2) is 0 Å². The highest BCUT2D eigenvalue weighted by Gasteiger charge is 2.20. The Morgan fingerprint density at radius 1 is 1.13 bits per heavy atom. The zero-order chi connectivity index (χ0) is 17.0. The molecule has 0 heterocycles. The number of rotatable bonds is 5. The summed E-state index contributed by atoms with van der Waals surface area (Å²) in [6.07, 6.45) is -0.124. The van der Waals surface area contributed by atoms with Crippen molar-refractivity contribution < 1.29 is 9.53 Å². The van der Waals surface area contributed by atoms with Crippen LogP contribution in [0.5, 0.6) is 5.75 Å². The van der Waals surface area contributed by atoms with Crippen molar-refractivity contribution in [2.75, 3.05) is 5.32 Å². The molecule has 6 heteroatoms. The fourth-order valence-electron chi connectivity index (χ4n) is 2.00. The molecule has 0 aliphatic carbocycles. The van der Waals surface area contributed by atoms with Crippen molar-refractivity contribution in [1.29, 1.82) is 0 Å². The number of aryl methyl sites for hydroxylation is 1. The molecule has 1 N–H and O–H groups in total. The molecule has 122 valence electrons. The Bertz CT molecular complexity index is 719. The number of halogens is 3. The van der Waals surface area contributed by atoms with Gasteiger partial charge in [0.05, 0.1) is 20.8 Å². The summed E-state index contributed by atoms with van der Waals surface area (Å²) in [6, 6.07) is 10.5. The van der Waals surface area contributed by atoms with Gasteiger partial charge in [-0.2, -0.15) is 0 Å². The predicted molar refractivity (Wildman–Crippen MR) is 96.0 cm³/mol. The molecule has 0 radical (unpaired) electrons. The molecule has 0 spiro atoms. The zero-order valence-electron chi connectivity index (χ0n) is 12.7. The first-order chi connectivity index (χ1) is 10.9. The average molecular weight is 373 g/mol. The summed E-state index contributed by atoms with van der Waals surface area (Å²) in [5, 5.41) is 3.70. The second-order valence-electron chi connectivity index (χ2n) is 5.02. The Morgan fingerprint density at radius 3 is 2.43 bits per heavy atom. The average Bonchev–Trinajstić information content (AvgIpc) is 2.51. The number of anilines is 1. The second-order valence-corrected chi connectivity index (χ2v) is 6.24. The van der Waals surface area contributed by atoms with Crippen molar-refractivity contribution >= 4 is 46.4 Å². The molecule has 3 nitrogen and oxygen atoms in total. The summed E-state index contributed by atoms with van der Waals surface area (Å²) in [6.45, 7) is 3.80. The summed E-state index contributed by atoms with van der Waals surface area (Å²) in [5.74, 6) is 0.380. The van der Waals surface area contributed by atoms with Gasteiger partial charge in [-0.05, 0) is 37.1 Å². The van der Waals surface area contributed by atoms with Gasteiger partial charge in [-0.1, -0.05) is 59.9 Å². The SMILES string of the molecule is CCC(Oc1ccccc1C)C(=O)Nc1cc(Cl)c(Cl)cc1Cl. The number of carbonyl (C=O) groups excluding carboxylic acids is 1. The monoisotopic (exact) mass is 371 g/mol. The number of benzene rings is 2. The van der Waals surface area contributed by atoms with Crippen LogP contribution in [0, 0.1) is 6.92 Å². The van der Waals surface area contributed by atoms with Gasteiger partial charge in [-0.3, -0.25) is 4.79 Å². The molecule has 0 saturated carbocycles. The fourth-order valence-corrected chi connectivity index (χ4v) is 2.59. The molecule has 0 fully saturated rings. The molecule has 0 aliphatic rings. The van der Waals surface area contributed by atoms with Gasteiger partial charge in [0, 0.05) is 0 Å². The van der Waals surface area contributed by atoms with Crippen LogP contribution in [0.3, 0.4) is 0 Å². The second kappa shape index (κ2) is 7.91. The van der Waals surface area contributed by atoms with Crippen molar-refractivity contribution in [3.63, 3.8) is 0 Å². The Hall–Kier alpha value is -1.42. The topological polar surface area (TPSA) is 38.3 Å². The maximum atomic E-state index is 12.4. The van der Waals surface area contributed by atoms with Gasteiger partial charge in [-0.15, -0.1) is 0 Å². The lowest BCUT2D eigenvalue weighted by atomic mass is 10.2. The molecular weight excluding hydrogens is 357 g/mol. The zero-order valence-corrected chi connectivity index (χ0v) is 15.0. The van der Waals surface area contributed by atoms with E-state index in [1.807, 2.05) is 38.1 Å². The Kier molecular flexibility index (Phi) is 6.17. The van der Waals surface area contributed by atoms with E-state index < -0.39 is 6.10 Å². The van der Waals surface area contributed by atoms with Crippen LogP contribution in [-0.2, 0) is 4.79 Å². The molecule has 1 unspecified atom stereocenters. The Morgan fingerprint density at radius 2 is 1.78 bits per heavy atom. The van der Waals surface area contributed by atoms with Crippen LogP contribution < -0.4 is 10.1 Å². The van der Waals surface area contributed by atoms with E-state index >= 15 is 0 Å². The van der Waals surface area contributed by atoms with E-state index in [-0.39, 0.29) is 5.91 Å². The first kappa shape index (κ1) is 17.9. The molecular formula is C17H16Cl3NO2. The van der Waals surface area contributed by atoms with Gasteiger partial charge >= 0.3 is 0 Å². The third-order valence-electron chi connectivity index (χ3n) is 3.29. The summed E-state index contributed by atoms with van der Waals surface area (Å²) < 4.78 is 5.81. The first-order valence-electron chi connectivity index (χ1n) is 7.10. The summed E-state index contributed by atoms with van der Waals surface area (Å²) in [7, 11) is 0.